The van der Waals surface area contributed by atoms with Gasteiger partial charge in [-0.3, -0.25) is 4.90 Å². The van der Waals surface area contributed by atoms with Crippen LogP contribution in [0.3, 0.4) is 0 Å². The molecule has 0 radical (unpaired) electrons. The summed E-state index contributed by atoms with van der Waals surface area (Å²) < 4.78 is 33.7. The number of benzene rings is 2. The number of halogens is 2. The summed E-state index contributed by atoms with van der Waals surface area (Å²) in [5, 5.41) is 7.55. The molecule has 2 aliphatic heterocycles. The summed E-state index contributed by atoms with van der Waals surface area (Å²) in [5.74, 6) is -0.957. The van der Waals surface area contributed by atoms with E-state index >= 15 is 0 Å². The molecule has 5 rings (SSSR count). The largest absolute Gasteiger partial charge is 0.378 e. The van der Waals surface area contributed by atoms with Crippen molar-refractivity contribution in [2.75, 3.05) is 49.6 Å². The molecule has 1 aromatic heterocycles. The quantitative estimate of drug-likeness (QED) is 0.677. The van der Waals surface area contributed by atoms with Crippen LogP contribution in [0.5, 0.6) is 0 Å². The number of nitrogens with zero attached hydrogens (tertiary/aromatic N) is 5. The highest BCUT2D eigenvalue weighted by molar-refractivity contribution is 5.66. The van der Waals surface area contributed by atoms with Crippen molar-refractivity contribution in [3.8, 4) is 5.69 Å². The third-order valence-electron chi connectivity index (χ3n) is 5.89. The van der Waals surface area contributed by atoms with E-state index in [4.69, 9.17) is 4.74 Å². The van der Waals surface area contributed by atoms with Gasteiger partial charge in [0, 0.05) is 43.6 Å². The number of anilines is 3. The van der Waals surface area contributed by atoms with Gasteiger partial charge in [0.15, 0.2) is 0 Å². The fraction of sp³-hybridized carbons (Fsp3) is 0.364. The summed E-state index contributed by atoms with van der Waals surface area (Å²) in [7, 11) is 0. The molecule has 9 heteroatoms. The zero-order valence-corrected chi connectivity index (χ0v) is 17.3. The van der Waals surface area contributed by atoms with Crippen LogP contribution < -0.4 is 10.2 Å². The molecule has 162 valence electrons. The second kappa shape index (κ2) is 8.24. The summed E-state index contributed by atoms with van der Waals surface area (Å²) in [6.07, 6.45) is 1.43. The van der Waals surface area contributed by atoms with E-state index in [0.29, 0.717) is 12.0 Å². The van der Waals surface area contributed by atoms with Crippen LogP contribution in [0.2, 0.25) is 0 Å². The third kappa shape index (κ3) is 4.24. The van der Waals surface area contributed by atoms with E-state index in [0.717, 1.165) is 62.4 Å². The predicted molar refractivity (Wildman–Crippen MR) is 114 cm³/mol. The van der Waals surface area contributed by atoms with Crippen LogP contribution in [0.25, 0.3) is 5.69 Å². The highest BCUT2D eigenvalue weighted by atomic mass is 19.1. The van der Waals surface area contributed by atoms with Gasteiger partial charge in [0.2, 0.25) is 5.95 Å². The van der Waals surface area contributed by atoms with E-state index in [1.54, 1.807) is 0 Å². The molecule has 2 aliphatic rings. The van der Waals surface area contributed by atoms with Crippen molar-refractivity contribution in [2.45, 2.75) is 13.0 Å². The number of aromatic nitrogens is 3. The van der Waals surface area contributed by atoms with Gasteiger partial charge >= 0.3 is 0 Å². The minimum absolute atomic E-state index is 0.276. The molecule has 2 fully saturated rings. The SMILES string of the molecule is Cc1ccc(N2CCN(C3COC3)CC2)cc1Nc1ncn(-c2cc(F)cc(F)c2)n1. The minimum atomic E-state index is -0.659. The van der Waals surface area contributed by atoms with E-state index in [-0.39, 0.29) is 5.69 Å². The first-order valence-electron chi connectivity index (χ1n) is 10.4. The van der Waals surface area contributed by atoms with Crippen molar-refractivity contribution in [1.82, 2.24) is 19.7 Å². The molecule has 1 N–H and O–H groups in total. The van der Waals surface area contributed by atoms with Crippen molar-refractivity contribution in [3.05, 3.63) is 59.9 Å². The number of nitrogens with one attached hydrogen (secondary N) is 1. The second-order valence-corrected chi connectivity index (χ2v) is 7.98. The molecule has 0 aliphatic carbocycles. The van der Waals surface area contributed by atoms with Crippen LogP contribution >= 0.6 is 0 Å². The zero-order chi connectivity index (χ0) is 21.4. The molecule has 0 amide bonds. The second-order valence-electron chi connectivity index (χ2n) is 7.98. The lowest BCUT2D eigenvalue weighted by atomic mass is 10.1. The fourth-order valence-electron chi connectivity index (χ4n) is 3.96. The van der Waals surface area contributed by atoms with Gasteiger partial charge in [-0.15, -0.1) is 5.10 Å². The van der Waals surface area contributed by atoms with Crippen molar-refractivity contribution in [2.24, 2.45) is 0 Å². The minimum Gasteiger partial charge on any atom is -0.378 e. The smallest absolute Gasteiger partial charge is 0.246 e. The van der Waals surface area contributed by atoms with Crippen molar-refractivity contribution >= 4 is 17.3 Å². The van der Waals surface area contributed by atoms with Crippen LogP contribution in [0.15, 0.2) is 42.7 Å². The topological polar surface area (TPSA) is 58.5 Å². The highest BCUT2D eigenvalue weighted by Crippen LogP contribution is 2.27. The van der Waals surface area contributed by atoms with Gasteiger partial charge in [0.25, 0.3) is 0 Å². The average molecular weight is 426 g/mol. The predicted octanol–water partition coefficient (Wildman–Crippen LogP) is 3.12. The lowest BCUT2D eigenvalue weighted by Crippen LogP contribution is -2.56. The molecule has 0 atom stereocenters. The Hall–Kier alpha value is -3.04. The maximum atomic E-state index is 13.5. The molecule has 3 heterocycles. The lowest BCUT2D eigenvalue weighted by Gasteiger charge is -2.43. The molecule has 2 aromatic carbocycles. The zero-order valence-electron chi connectivity index (χ0n) is 17.3. The Kier molecular flexibility index (Phi) is 5.29. The first-order chi connectivity index (χ1) is 15.0. The molecule has 0 bridgehead atoms. The van der Waals surface area contributed by atoms with Crippen molar-refractivity contribution in [1.29, 1.82) is 0 Å². The summed E-state index contributed by atoms with van der Waals surface area (Å²) in [6.45, 7) is 7.70. The Morgan fingerprint density at radius 3 is 2.39 bits per heavy atom. The Balaban J connectivity index is 1.29. The fourth-order valence-corrected chi connectivity index (χ4v) is 3.96. The van der Waals surface area contributed by atoms with Crippen LogP contribution in [0.4, 0.5) is 26.1 Å². The molecule has 3 aromatic rings. The maximum Gasteiger partial charge on any atom is 0.246 e. The first-order valence-corrected chi connectivity index (χ1v) is 10.4. The van der Waals surface area contributed by atoms with Gasteiger partial charge in [0.1, 0.15) is 18.0 Å². The standard InChI is InChI=1S/C22H24F2N6O/c1-15-2-3-18(28-4-6-29(7-5-28)20-12-31-13-20)11-21(15)26-22-25-14-30(27-22)19-9-16(23)8-17(24)10-19/h2-3,8-11,14,20H,4-7,12-13H2,1H3,(H,26,27). The van der Waals surface area contributed by atoms with E-state index in [2.05, 4.69) is 43.4 Å². The monoisotopic (exact) mass is 426 g/mol. The Labute approximate surface area is 179 Å². The number of piperazine rings is 1. The molecule has 7 nitrogen and oxygen atoms in total. The Morgan fingerprint density at radius 2 is 1.71 bits per heavy atom. The number of rotatable bonds is 5. The van der Waals surface area contributed by atoms with Gasteiger partial charge in [-0.25, -0.2) is 13.5 Å². The van der Waals surface area contributed by atoms with Crippen molar-refractivity contribution in [3.63, 3.8) is 0 Å². The van der Waals surface area contributed by atoms with E-state index < -0.39 is 11.6 Å². The van der Waals surface area contributed by atoms with Gasteiger partial charge in [0.05, 0.1) is 24.9 Å². The molecule has 2 saturated heterocycles. The first kappa shape index (κ1) is 19.9. The summed E-state index contributed by atoms with van der Waals surface area (Å²) in [6, 6.07) is 10.1. The molecule has 31 heavy (non-hydrogen) atoms. The van der Waals surface area contributed by atoms with E-state index in [9.17, 15) is 8.78 Å². The summed E-state index contributed by atoms with van der Waals surface area (Å²) in [4.78, 5) is 9.12. The number of hydrogen-bond acceptors (Lipinski definition) is 6. The van der Waals surface area contributed by atoms with E-state index in [1.807, 2.05) is 6.92 Å². The van der Waals surface area contributed by atoms with Gasteiger partial charge in [-0.2, -0.15) is 4.98 Å². The summed E-state index contributed by atoms with van der Waals surface area (Å²) in [5.41, 5.74) is 3.38. The lowest BCUT2D eigenvalue weighted by molar-refractivity contribution is -0.0660. The van der Waals surface area contributed by atoms with Gasteiger partial charge < -0.3 is 15.0 Å². The number of hydrogen-bond donors (Lipinski definition) is 1. The van der Waals surface area contributed by atoms with Crippen LogP contribution in [0, 0.1) is 18.6 Å². The van der Waals surface area contributed by atoms with Crippen LogP contribution in [0.1, 0.15) is 5.56 Å². The Bertz CT molecular complexity index is 1060. The third-order valence-corrected chi connectivity index (χ3v) is 5.89. The normalized spacial score (nSPS) is 17.6. The van der Waals surface area contributed by atoms with Crippen LogP contribution in [-0.2, 0) is 4.74 Å². The van der Waals surface area contributed by atoms with Crippen molar-refractivity contribution < 1.29 is 13.5 Å². The maximum absolute atomic E-state index is 13.5. The summed E-state index contributed by atoms with van der Waals surface area (Å²) >= 11 is 0. The molecule has 0 spiro atoms. The average Bonchev–Trinajstić information content (AvgIpc) is 3.17. The highest BCUT2D eigenvalue weighted by Gasteiger charge is 2.29. The molecule has 0 saturated carbocycles. The molecule has 0 unspecified atom stereocenters. The van der Waals surface area contributed by atoms with E-state index in [1.165, 1.54) is 23.1 Å². The number of ether oxygens (including phenoxy) is 1. The van der Waals surface area contributed by atoms with Gasteiger partial charge in [-0.1, -0.05) is 6.07 Å². The molecular formula is C22H24F2N6O. The van der Waals surface area contributed by atoms with Gasteiger partial charge in [-0.05, 0) is 36.8 Å². The van der Waals surface area contributed by atoms with Crippen LogP contribution in [-0.4, -0.2) is 65.1 Å². The Morgan fingerprint density at radius 1 is 0.968 bits per heavy atom. The number of aryl methyl sites for hydroxylation is 1. The molecular weight excluding hydrogens is 402 g/mol.